The van der Waals surface area contributed by atoms with Crippen LogP contribution < -0.4 is 5.32 Å². The van der Waals surface area contributed by atoms with Gasteiger partial charge in [0.05, 0.1) is 0 Å². The van der Waals surface area contributed by atoms with Crippen LogP contribution in [0.2, 0.25) is 0 Å². The molecule has 3 N–H and O–H groups in total. The van der Waals surface area contributed by atoms with Gasteiger partial charge in [0.2, 0.25) is 0 Å². The molecule has 2 rings (SSSR count). The molecule has 0 aliphatic rings. The van der Waals surface area contributed by atoms with Gasteiger partial charge in [-0.15, -0.1) is 0 Å². The number of phenols is 2. The minimum absolute atomic E-state index is 0.0389. The fourth-order valence-electron chi connectivity index (χ4n) is 3.04. The van der Waals surface area contributed by atoms with Gasteiger partial charge in [0.25, 0.3) is 0 Å². The molecule has 0 aliphatic carbocycles. The van der Waals surface area contributed by atoms with Crippen LogP contribution in [-0.2, 0) is 12.0 Å². The highest BCUT2D eigenvalue weighted by atomic mass is 19.1. The summed E-state index contributed by atoms with van der Waals surface area (Å²) in [5.41, 5.74) is 2.33. The molecule has 2 aromatic rings. The lowest BCUT2D eigenvalue weighted by atomic mass is 9.82. The van der Waals surface area contributed by atoms with Gasteiger partial charge in [0.15, 0.2) is 11.5 Å². The summed E-state index contributed by atoms with van der Waals surface area (Å²) in [6, 6.07) is 9.97. The Morgan fingerprint density at radius 1 is 0.962 bits per heavy atom. The molecule has 0 radical (unpaired) electrons. The first-order valence-corrected chi connectivity index (χ1v) is 8.94. The predicted molar refractivity (Wildman–Crippen MR) is 104 cm³/mol. The van der Waals surface area contributed by atoms with Crippen LogP contribution in [0, 0.1) is 11.2 Å². The van der Waals surface area contributed by atoms with Gasteiger partial charge >= 0.3 is 0 Å². The zero-order valence-corrected chi connectivity index (χ0v) is 16.5. The van der Waals surface area contributed by atoms with E-state index in [0.717, 1.165) is 11.1 Å². The van der Waals surface area contributed by atoms with Gasteiger partial charge in [0.1, 0.15) is 5.82 Å². The number of hydrogen-bond acceptors (Lipinski definition) is 3. The molecular formula is C22H30FNO2. The van der Waals surface area contributed by atoms with Crippen molar-refractivity contribution in [1.82, 2.24) is 5.32 Å². The van der Waals surface area contributed by atoms with Crippen molar-refractivity contribution in [3.63, 3.8) is 0 Å². The van der Waals surface area contributed by atoms with Crippen molar-refractivity contribution in [3.05, 3.63) is 58.9 Å². The first kappa shape index (κ1) is 20.2. The summed E-state index contributed by atoms with van der Waals surface area (Å²) >= 11 is 0. The highest BCUT2D eigenvalue weighted by molar-refractivity contribution is 5.49. The summed E-state index contributed by atoms with van der Waals surface area (Å²) < 4.78 is 13.3. The average Bonchev–Trinajstić information content (AvgIpc) is 2.50. The van der Waals surface area contributed by atoms with E-state index in [1.54, 1.807) is 18.2 Å². The zero-order chi connectivity index (χ0) is 19.7. The van der Waals surface area contributed by atoms with Crippen LogP contribution in [0.4, 0.5) is 4.39 Å². The third kappa shape index (κ3) is 4.76. The summed E-state index contributed by atoms with van der Waals surface area (Å²) in [5, 5.41) is 23.8. The van der Waals surface area contributed by atoms with E-state index in [4.69, 9.17) is 0 Å². The van der Waals surface area contributed by atoms with Crippen LogP contribution in [-0.4, -0.2) is 10.2 Å². The van der Waals surface area contributed by atoms with E-state index in [0.29, 0.717) is 12.1 Å². The van der Waals surface area contributed by atoms with Crippen LogP contribution >= 0.6 is 0 Å². The molecule has 2 aromatic carbocycles. The summed E-state index contributed by atoms with van der Waals surface area (Å²) in [7, 11) is 0. The monoisotopic (exact) mass is 359 g/mol. The predicted octanol–water partition coefficient (Wildman–Crippen LogP) is 5.41. The number of benzene rings is 2. The second-order valence-electron chi connectivity index (χ2n) is 8.98. The molecule has 0 aromatic heterocycles. The molecule has 142 valence electrons. The first-order chi connectivity index (χ1) is 11.9. The Morgan fingerprint density at radius 2 is 1.54 bits per heavy atom. The maximum Gasteiger partial charge on any atom is 0.162 e. The molecule has 0 bridgehead atoms. The van der Waals surface area contributed by atoms with Gasteiger partial charge in [-0.3, -0.25) is 0 Å². The van der Waals surface area contributed by atoms with Crippen molar-refractivity contribution < 1.29 is 14.6 Å². The largest absolute Gasteiger partial charge is 0.504 e. The van der Waals surface area contributed by atoms with Crippen molar-refractivity contribution in [2.24, 2.45) is 5.41 Å². The van der Waals surface area contributed by atoms with Gasteiger partial charge in [0, 0.05) is 18.2 Å². The average molecular weight is 359 g/mol. The Balaban J connectivity index is 2.32. The number of halogens is 1. The maximum atomic E-state index is 13.3. The topological polar surface area (TPSA) is 52.5 Å². The molecular weight excluding hydrogens is 329 g/mol. The van der Waals surface area contributed by atoms with E-state index in [9.17, 15) is 14.6 Å². The van der Waals surface area contributed by atoms with E-state index in [2.05, 4.69) is 46.9 Å². The Labute approximate surface area is 155 Å². The minimum atomic E-state index is -0.262. The second kappa shape index (κ2) is 7.28. The van der Waals surface area contributed by atoms with Gasteiger partial charge in [-0.25, -0.2) is 4.39 Å². The Bertz CT molecular complexity index is 755. The van der Waals surface area contributed by atoms with E-state index in [-0.39, 0.29) is 34.2 Å². The lowest BCUT2D eigenvalue weighted by molar-refractivity contribution is 0.269. The first-order valence-electron chi connectivity index (χ1n) is 8.94. The highest BCUT2D eigenvalue weighted by Gasteiger charge is 2.27. The highest BCUT2D eigenvalue weighted by Crippen LogP contribution is 2.37. The van der Waals surface area contributed by atoms with Gasteiger partial charge in [-0.2, -0.15) is 0 Å². The SMILES string of the molecule is CC(C)(C)c1cc(O)c(O)c(CNC(c2ccc(F)cc2)C(C)(C)C)c1. The number of nitrogens with one attached hydrogen (secondary N) is 1. The third-order valence-electron chi connectivity index (χ3n) is 4.60. The van der Waals surface area contributed by atoms with Crippen molar-refractivity contribution in [2.75, 3.05) is 0 Å². The molecule has 1 atom stereocenters. The molecule has 26 heavy (non-hydrogen) atoms. The fourth-order valence-corrected chi connectivity index (χ4v) is 3.04. The van der Waals surface area contributed by atoms with Gasteiger partial charge < -0.3 is 15.5 Å². The van der Waals surface area contributed by atoms with Crippen LogP contribution in [0.15, 0.2) is 36.4 Å². The lowest BCUT2D eigenvalue weighted by Crippen LogP contribution is -2.32. The van der Waals surface area contributed by atoms with E-state index < -0.39 is 0 Å². The zero-order valence-electron chi connectivity index (χ0n) is 16.5. The third-order valence-corrected chi connectivity index (χ3v) is 4.60. The number of aromatic hydroxyl groups is 2. The molecule has 4 heteroatoms. The molecule has 0 saturated carbocycles. The standard InChI is InChI=1S/C22H30FNO2/c1-21(2,3)16-11-15(19(26)18(25)12-16)13-24-20(22(4,5)6)14-7-9-17(23)10-8-14/h7-12,20,24-26H,13H2,1-6H3. The fraction of sp³-hybridized carbons (Fsp3) is 0.455. The van der Waals surface area contributed by atoms with E-state index >= 15 is 0 Å². The smallest absolute Gasteiger partial charge is 0.162 e. The molecule has 0 amide bonds. The summed E-state index contributed by atoms with van der Waals surface area (Å²) in [5.74, 6) is -0.470. The Morgan fingerprint density at radius 3 is 2.04 bits per heavy atom. The van der Waals surface area contributed by atoms with Crippen molar-refractivity contribution in [2.45, 2.75) is 59.5 Å². The van der Waals surface area contributed by atoms with Crippen LogP contribution in [0.3, 0.4) is 0 Å². The lowest BCUT2D eigenvalue weighted by Gasteiger charge is -2.32. The molecule has 0 aliphatic heterocycles. The van der Waals surface area contributed by atoms with Crippen LogP contribution in [0.25, 0.3) is 0 Å². The molecule has 0 saturated heterocycles. The number of hydrogen-bond donors (Lipinski definition) is 3. The normalized spacial score (nSPS) is 13.7. The maximum absolute atomic E-state index is 13.3. The van der Waals surface area contributed by atoms with Crippen LogP contribution in [0.5, 0.6) is 11.5 Å². The van der Waals surface area contributed by atoms with Crippen molar-refractivity contribution >= 4 is 0 Å². The Kier molecular flexibility index (Phi) is 5.67. The van der Waals surface area contributed by atoms with Crippen LogP contribution in [0.1, 0.15) is 64.3 Å². The molecule has 3 nitrogen and oxygen atoms in total. The molecule has 0 heterocycles. The molecule has 1 unspecified atom stereocenters. The van der Waals surface area contributed by atoms with E-state index in [1.165, 1.54) is 12.1 Å². The summed E-state index contributed by atoms with van der Waals surface area (Å²) in [4.78, 5) is 0. The minimum Gasteiger partial charge on any atom is -0.504 e. The number of rotatable bonds is 4. The quantitative estimate of drug-likeness (QED) is 0.640. The summed E-state index contributed by atoms with van der Waals surface area (Å²) in [6.45, 7) is 12.9. The van der Waals surface area contributed by atoms with Crippen molar-refractivity contribution in [1.29, 1.82) is 0 Å². The van der Waals surface area contributed by atoms with E-state index in [1.807, 2.05) is 6.07 Å². The number of phenolic OH excluding ortho intramolecular Hbond substituents is 2. The molecule has 0 fully saturated rings. The van der Waals surface area contributed by atoms with Crippen molar-refractivity contribution in [3.8, 4) is 11.5 Å². The Hall–Kier alpha value is -2.07. The van der Waals surface area contributed by atoms with Gasteiger partial charge in [-0.05, 0) is 40.2 Å². The summed E-state index contributed by atoms with van der Waals surface area (Å²) in [6.07, 6.45) is 0. The molecule has 0 spiro atoms. The second-order valence-corrected chi connectivity index (χ2v) is 8.98. The van der Waals surface area contributed by atoms with Gasteiger partial charge in [-0.1, -0.05) is 59.7 Å².